The monoisotopic (exact) mass is 221 g/mol. The molecule has 1 aliphatic heterocycles. The fourth-order valence-corrected chi connectivity index (χ4v) is 2.29. The Labute approximate surface area is 96.8 Å². The molecular weight excluding hydrogens is 202 g/mol. The lowest BCUT2D eigenvalue weighted by Crippen LogP contribution is -2.25. The molecule has 1 aromatic carbocycles. The molecule has 1 aromatic rings. The first kappa shape index (κ1) is 11.3. The van der Waals surface area contributed by atoms with Crippen LogP contribution in [0.15, 0.2) is 12.1 Å². The zero-order valence-electron chi connectivity index (χ0n) is 10.3. The van der Waals surface area contributed by atoms with E-state index in [4.69, 9.17) is 9.47 Å². The molecule has 0 spiro atoms. The molecule has 3 nitrogen and oxygen atoms in total. The molecular formula is C13H19NO2. The molecule has 0 aliphatic carbocycles. The minimum Gasteiger partial charge on any atom is -0.493 e. The van der Waals surface area contributed by atoms with Crippen LogP contribution in [0.4, 0.5) is 0 Å². The fraction of sp³-hybridized carbons (Fsp3) is 0.538. The number of benzene rings is 1. The number of fused-ring (bicyclic) bond motifs is 1. The largest absolute Gasteiger partial charge is 0.493 e. The van der Waals surface area contributed by atoms with Crippen molar-refractivity contribution in [1.29, 1.82) is 0 Å². The van der Waals surface area contributed by atoms with E-state index < -0.39 is 0 Å². The lowest BCUT2D eigenvalue weighted by atomic mass is 10.0. The lowest BCUT2D eigenvalue weighted by molar-refractivity contribution is 0.207. The number of likely N-dealkylation sites (N-methyl/N-ethyl adjacent to an activating group) is 1. The molecule has 0 bridgehead atoms. The Morgan fingerprint density at radius 2 is 2.19 bits per heavy atom. The second-order valence-corrected chi connectivity index (χ2v) is 4.16. The van der Waals surface area contributed by atoms with Gasteiger partial charge in [0.1, 0.15) is 6.10 Å². The van der Waals surface area contributed by atoms with Gasteiger partial charge in [-0.25, -0.2) is 0 Å². The topological polar surface area (TPSA) is 30.5 Å². The highest BCUT2D eigenvalue weighted by Crippen LogP contribution is 2.43. The van der Waals surface area contributed by atoms with Crippen LogP contribution in [-0.4, -0.2) is 20.3 Å². The van der Waals surface area contributed by atoms with Crippen LogP contribution < -0.4 is 14.8 Å². The van der Waals surface area contributed by atoms with E-state index in [2.05, 4.69) is 31.3 Å². The van der Waals surface area contributed by atoms with Crippen molar-refractivity contribution in [3.05, 3.63) is 23.3 Å². The summed E-state index contributed by atoms with van der Waals surface area (Å²) in [5, 5.41) is 3.29. The Morgan fingerprint density at radius 3 is 2.75 bits per heavy atom. The van der Waals surface area contributed by atoms with Gasteiger partial charge in [-0.05, 0) is 32.0 Å². The van der Waals surface area contributed by atoms with Gasteiger partial charge in [-0.1, -0.05) is 13.0 Å². The molecule has 16 heavy (non-hydrogen) atoms. The van der Waals surface area contributed by atoms with Crippen LogP contribution >= 0.6 is 0 Å². The Bertz CT molecular complexity index is 390. The molecule has 2 unspecified atom stereocenters. The molecule has 1 heterocycles. The van der Waals surface area contributed by atoms with E-state index in [1.54, 1.807) is 7.11 Å². The summed E-state index contributed by atoms with van der Waals surface area (Å²) in [4.78, 5) is 0. The van der Waals surface area contributed by atoms with Gasteiger partial charge in [0, 0.05) is 5.56 Å². The average molecular weight is 221 g/mol. The number of ether oxygens (including phenoxy) is 2. The smallest absolute Gasteiger partial charge is 0.166 e. The molecule has 3 heteroatoms. The third-order valence-corrected chi connectivity index (χ3v) is 3.19. The first-order chi connectivity index (χ1) is 7.71. The Hall–Kier alpha value is -1.22. The summed E-state index contributed by atoms with van der Waals surface area (Å²) < 4.78 is 11.2. The zero-order chi connectivity index (χ0) is 11.7. The Kier molecular flexibility index (Phi) is 3.06. The molecule has 2 atom stereocenters. The van der Waals surface area contributed by atoms with E-state index >= 15 is 0 Å². The van der Waals surface area contributed by atoms with Crippen LogP contribution in [0.25, 0.3) is 0 Å². The number of hydrogen-bond acceptors (Lipinski definition) is 3. The highest BCUT2D eigenvalue weighted by atomic mass is 16.5. The second-order valence-electron chi connectivity index (χ2n) is 4.16. The van der Waals surface area contributed by atoms with Crippen LogP contribution in [0.3, 0.4) is 0 Å². The SMILES string of the molecule is CCc1cc(OC)c2c(c1)C(NC)C(C)O2. The van der Waals surface area contributed by atoms with Gasteiger partial charge in [-0.3, -0.25) is 0 Å². The molecule has 0 aromatic heterocycles. The summed E-state index contributed by atoms with van der Waals surface area (Å²) in [6.07, 6.45) is 1.16. The molecule has 88 valence electrons. The predicted molar refractivity (Wildman–Crippen MR) is 64.3 cm³/mol. The summed E-state index contributed by atoms with van der Waals surface area (Å²) in [5.74, 6) is 1.74. The van der Waals surface area contributed by atoms with Crippen molar-refractivity contribution in [3.8, 4) is 11.5 Å². The van der Waals surface area contributed by atoms with Crippen molar-refractivity contribution in [1.82, 2.24) is 5.32 Å². The maximum atomic E-state index is 5.84. The number of nitrogens with one attached hydrogen (secondary N) is 1. The van der Waals surface area contributed by atoms with E-state index in [1.165, 1.54) is 11.1 Å². The van der Waals surface area contributed by atoms with Gasteiger partial charge in [-0.15, -0.1) is 0 Å². The molecule has 0 saturated heterocycles. The highest BCUT2D eigenvalue weighted by Gasteiger charge is 2.32. The summed E-state index contributed by atoms with van der Waals surface area (Å²) in [7, 11) is 3.65. The molecule has 0 fully saturated rings. The summed E-state index contributed by atoms with van der Waals surface area (Å²) in [5.41, 5.74) is 2.50. The lowest BCUT2D eigenvalue weighted by Gasteiger charge is -2.13. The maximum absolute atomic E-state index is 5.84. The fourth-order valence-electron chi connectivity index (χ4n) is 2.29. The van der Waals surface area contributed by atoms with Crippen molar-refractivity contribution in [2.45, 2.75) is 32.4 Å². The molecule has 0 radical (unpaired) electrons. The van der Waals surface area contributed by atoms with Crippen molar-refractivity contribution >= 4 is 0 Å². The molecule has 2 rings (SSSR count). The minimum atomic E-state index is 0.154. The standard InChI is InChI=1S/C13H19NO2/c1-5-9-6-10-12(14-3)8(2)16-13(10)11(7-9)15-4/h6-8,12,14H,5H2,1-4H3. The van der Waals surface area contributed by atoms with Crippen molar-refractivity contribution < 1.29 is 9.47 Å². The minimum absolute atomic E-state index is 0.154. The van der Waals surface area contributed by atoms with Crippen LogP contribution in [0.5, 0.6) is 11.5 Å². The molecule has 1 N–H and O–H groups in total. The van der Waals surface area contributed by atoms with Crippen molar-refractivity contribution in [2.75, 3.05) is 14.2 Å². The highest BCUT2D eigenvalue weighted by molar-refractivity contribution is 5.53. The second kappa shape index (κ2) is 4.34. The van der Waals surface area contributed by atoms with Gasteiger partial charge >= 0.3 is 0 Å². The van der Waals surface area contributed by atoms with Crippen LogP contribution in [0, 0.1) is 0 Å². The summed E-state index contributed by atoms with van der Waals surface area (Å²) >= 11 is 0. The van der Waals surface area contributed by atoms with E-state index in [1.807, 2.05) is 7.05 Å². The van der Waals surface area contributed by atoms with Crippen LogP contribution in [-0.2, 0) is 6.42 Å². The van der Waals surface area contributed by atoms with Gasteiger partial charge in [0.05, 0.1) is 13.2 Å². The maximum Gasteiger partial charge on any atom is 0.166 e. The third-order valence-electron chi connectivity index (χ3n) is 3.19. The van der Waals surface area contributed by atoms with E-state index in [-0.39, 0.29) is 12.1 Å². The van der Waals surface area contributed by atoms with E-state index in [0.717, 1.165) is 17.9 Å². The van der Waals surface area contributed by atoms with Gasteiger partial charge in [0.2, 0.25) is 0 Å². The van der Waals surface area contributed by atoms with E-state index in [0.29, 0.717) is 0 Å². The number of aryl methyl sites for hydroxylation is 1. The quantitative estimate of drug-likeness (QED) is 0.849. The first-order valence-corrected chi connectivity index (χ1v) is 5.76. The van der Waals surface area contributed by atoms with Crippen molar-refractivity contribution in [2.24, 2.45) is 0 Å². The molecule has 1 aliphatic rings. The van der Waals surface area contributed by atoms with Gasteiger partial charge in [0.15, 0.2) is 11.5 Å². The molecule has 0 amide bonds. The Morgan fingerprint density at radius 1 is 1.44 bits per heavy atom. The number of methoxy groups -OCH3 is 1. The third kappa shape index (κ3) is 1.65. The Balaban J connectivity index is 2.51. The summed E-state index contributed by atoms with van der Waals surface area (Å²) in [6, 6.07) is 4.53. The predicted octanol–water partition coefficient (Wildman–Crippen LogP) is 2.30. The van der Waals surface area contributed by atoms with Gasteiger partial charge in [0.25, 0.3) is 0 Å². The van der Waals surface area contributed by atoms with Crippen molar-refractivity contribution in [3.63, 3.8) is 0 Å². The van der Waals surface area contributed by atoms with Crippen LogP contribution in [0.2, 0.25) is 0 Å². The average Bonchev–Trinajstić information content (AvgIpc) is 2.62. The number of rotatable bonds is 3. The van der Waals surface area contributed by atoms with Gasteiger partial charge in [-0.2, -0.15) is 0 Å². The first-order valence-electron chi connectivity index (χ1n) is 5.76. The van der Waals surface area contributed by atoms with Gasteiger partial charge < -0.3 is 14.8 Å². The summed E-state index contributed by atoms with van der Waals surface area (Å²) in [6.45, 7) is 4.22. The van der Waals surface area contributed by atoms with Crippen LogP contribution in [0.1, 0.15) is 31.0 Å². The molecule has 0 saturated carbocycles. The normalized spacial score (nSPS) is 22.8. The zero-order valence-corrected chi connectivity index (χ0v) is 10.3. The van der Waals surface area contributed by atoms with E-state index in [9.17, 15) is 0 Å². The number of hydrogen-bond donors (Lipinski definition) is 1.